The van der Waals surface area contributed by atoms with E-state index in [0.29, 0.717) is 13.0 Å². The van der Waals surface area contributed by atoms with Gasteiger partial charge in [0.2, 0.25) is 5.91 Å². The number of rotatable bonds is 3. The first-order chi connectivity index (χ1) is 6.16. The lowest BCUT2D eigenvalue weighted by atomic mass is 10.2. The van der Waals surface area contributed by atoms with Crippen molar-refractivity contribution >= 4 is 11.7 Å². The fourth-order valence-electron chi connectivity index (χ4n) is 1.39. The summed E-state index contributed by atoms with van der Waals surface area (Å²) in [6.07, 6.45) is 0.707. The van der Waals surface area contributed by atoms with Gasteiger partial charge in [-0.05, 0) is 6.54 Å². The predicted molar refractivity (Wildman–Crippen MR) is 52.5 cm³/mol. The van der Waals surface area contributed by atoms with Crippen LogP contribution in [0.5, 0.6) is 0 Å². The van der Waals surface area contributed by atoms with E-state index in [1.807, 2.05) is 13.8 Å². The molecule has 13 heavy (non-hydrogen) atoms. The maximum absolute atomic E-state index is 11.6. The number of carbonyl (C=O) groups is 1. The molecule has 0 saturated heterocycles. The Bertz CT molecular complexity index is 223. The Balaban J connectivity index is 2.60. The van der Waals surface area contributed by atoms with Crippen molar-refractivity contribution in [2.75, 3.05) is 19.6 Å². The van der Waals surface area contributed by atoms with Crippen LogP contribution in [-0.4, -0.2) is 36.3 Å². The summed E-state index contributed by atoms with van der Waals surface area (Å²) in [5.41, 5.74) is 5.43. The average Bonchev–Trinajstić information content (AvgIpc) is 2.52. The Hall–Kier alpha value is -0.900. The normalized spacial score (nSPS) is 16.6. The summed E-state index contributed by atoms with van der Waals surface area (Å²) in [6.45, 7) is 5.82. The standard InChI is InChI=1S/C9H17N3O/c1-7(2)9(13)12-6-5-11-8(12)3-4-10/h7H,3-6,10H2,1-2H3. The van der Waals surface area contributed by atoms with Crippen LogP contribution in [0.3, 0.4) is 0 Å². The third-order valence-corrected chi connectivity index (χ3v) is 2.06. The lowest BCUT2D eigenvalue weighted by molar-refractivity contribution is -0.130. The van der Waals surface area contributed by atoms with Crippen LogP contribution in [0.15, 0.2) is 4.99 Å². The fraction of sp³-hybridized carbons (Fsp3) is 0.778. The van der Waals surface area contributed by atoms with Crippen LogP contribution >= 0.6 is 0 Å². The molecular formula is C9H17N3O. The number of amidine groups is 1. The van der Waals surface area contributed by atoms with Gasteiger partial charge in [-0.15, -0.1) is 0 Å². The van der Waals surface area contributed by atoms with E-state index in [1.54, 1.807) is 4.90 Å². The highest BCUT2D eigenvalue weighted by molar-refractivity contribution is 6.00. The average molecular weight is 183 g/mol. The molecule has 1 aliphatic rings. The maximum Gasteiger partial charge on any atom is 0.230 e. The number of aliphatic imine (C=N–C) groups is 1. The number of nitrogens with two attached hydrogens (primary N) is 1. The zero-order valence-electron chi connectivity index (χ0n) is 8.29. The molecule has 0 unspecified atom stereocenters. The van der Waals surface area contributed by atoms with Gasteiger partial charge < -0.3 is 5.73 Å². The van der Waals surface area contributed by atoms with E-state index in [4.69, 9.17) is 5.73 Å². The van der Waals surface area contributed by atoms with Crippen LogP contribution in [0.2, 0.25) is 0 Å². The number of nitrogens with zero attached hydrogens (tertiary/aromatic N) is 2. The minimum atomic E-state index is 0.0427. The van der Waals surface area contributed by atoms with Crippen LogP contribution in [0.4, 0.5) is 0 Å². The SMILES string of the molecule is CC(C)C(=O)N1CCN=C1CCN. The molecule has 0 aromatic carbocycles. The van der Waals surface area contributed by atoms with Crippen LogP contribution < -0.4 is 5.73 Å². The zero-order chi connectivity index (χ0) is 9.84. The lowest BCUT2D eigenvalue weighted by Gasteiger charge is -2.19. The third kappa shape index (κ3) is 2.28. The van der Waals surface area contributed by atoms with Crippen molar-refractivity contribution in [3.05, 3.63) is 0 Å². The van der Waals surface area contributed by atoms with E-state index in [-0.39, 0.29) is 11.8 Å². The van der Waals surface area contributed by atoms with Crippen LogP contribution in [0.25, 0.3) is 0 Å². The molecule has 0 fully saturated rings. The smallest absolute Gasteiger partial charge is 0.230 e. The summed E-state index contributed by atoms with van der Waals surface area (Å²) in [4.78, 5) is 17.6. The van der Waals surface area contributed by atoms with Gasteiger partial charge in [0.05, 0.1) is 6.54 Å². The molecule has 2 N–H and O–H groups in total. The van der Waals surface area contributed by atoms with E-state index in [2.05, 4.69) is 4.99 Å². The molecule has 1 amide bonds. The second kappa shape index (κ2) is 4.37. The fourth-order valence-corrected chi connectivity index (χ4v) is 1.39. The van der Waals surface area contributed by atoms with Crippen molar-refractivity contribution in [3.63, 3.8) is 0 Å². The first-order valence-corrected chi connectivity index (χ1v) is 4.71. The van der Waals surface area contributed by atoms with E-state index < -0.39 is 0 Å². The van der Waals surface area contributed by atoms with Gasteiger partial charge in [-0.2, -0.15) is 0 Å². The van der Waals surface area contributed by atoms with Gasteiger partial charge >= 0.3 is 0 Å². The highest BCUT2D eigenvalue weighted by Gasteiger charge is 2.24. The third-order valence-electron chi connectivity index (χ3n) is 2.06. The Labute approximate surface area is 78.8 Å². The summed E-state index contributed by atoms with van der Waals surface area (Å²) in [5.74, 6) is 1.06. The van der Waals surface area contributed by atoms with E-state index in [1.165, 1.54) is 0 Å². The Morgan fingerprint density at radius 2 is 2.38 bits per heavy atom. The van der Waals surface area contributed by atoms with Gasteiger partial charge in [-0.25, -0.2) is 0 Å². The van der Waals surface area contributed by atoms with Crippen molar-refractivity contribution < 1.29 is 4.79 Å². The topological polar surface area (TPSA) is 58.7 Å². The van der Waals surface area contributed by atoms with Crippen LogP contribution in [-0.2, 0) is 4.79 Å². The van der Waals surface area contributed by atoms with Crippen molar-refractivity contribution in [1.82, 2.24) is 4.90 Å². The predicted octanol–water partition coefficient (Wildman–Crippen LogP) is 0.232. The molecule has 0 aliphatic carbocycles. The number of hydrogen-bond acceptors (Lipinski definition) is 3. The van der Waals surface area contributed by atoms with E-state index in [9.17, 15) is 4.79 Å². The van der Waals surface area contributed by atoms with Gasteiger partial charge in [-0.1, -0.05) is 13.8 Å². The van der Waals surface area contributed by atoms with Gasteiger partial charge in [0.15, 0.2) is 0 Å². The highest BCUT2D eigenvalue weighted by atomic mass is 16.2. The minimum Gasteiger partial charge on any atom is -0.330 e. The Morgan fingerprint density at radius 1 is 1.69 bits per heavy atom. The van der Waals surface area contributed by atoms with E-state index >= 15 is 0 Å². The van der Waals surface area contributed by atoms with E-state index in [0.717, 1.165) is 18.9 Å². The molecule has 0 bridgehead atoms. The number of carbonyl (C=O) groups excluding carboxylic acids is 1. The molecule has 0 atom stereocenters. The van der Waals surface area contributed by atoms with Crippen molar-refractivity contribution in [2.45, 2.75) is 20.3 Å². The number of amides is 1. The summed E-state index contributed by atoms with van der Waals surface area (Å²) in [7, 11) is 0. The summed E-state index contributed by atoms with van der Waals surface area (Å²) >= 11 is 0. The molecule has 1 heterocycles. The summed E-state index contributed by atoms with van der Waals surface area (Å²) in [5, 5.41) is 0. The van der Waals surface area contributed by atoms with Gasteiger partial charge in [0.25, 0.3) is 0 Å². The lowest BCUT2D eigenvalue weighted by Crippen LogP contribution is -2.37. The molecule has 0 saturated carbocycles. The van der Waals surface area contributed by atoms with Crippen molar-refractivity contribution in [1.29, 1.82) is 0 Å². The first-order valence-electron chi connectivity index (χ1n) is 4.71. The Kier molecular flexibility index (Phi) is 3.42. The largest absolute Gasteiger partial charge is 0.330 e. The molecule has 4 nitrogen and oxygen atoms in total. The molecule has 1 aliphatic heterocycles. The molecule has 0 aromatic heterocycles. The molecular weight excluding hydrogens is 166 g/mol. The van der Waals surface area contributed by atoms with Gasteiger partial charge in [-0.3, -0.25) is 14.7 Å². The summed E-state index contributed by atoms with van der Waals surface area (Å²) in [6, 6.07) is 0. The first kappa shape index (κ1) is 10.2. The van der Waals surface area contributed by atoms with Crippen LogP contribution in [0.1, 0.15) is 20.3 Å². The summed E-state index contributed by atoms with van der Waals surface area (Å²) < 4.78 is 0. The maximum atomic E-state index is 11.6. The van der Waals surface area contributed by atoms with Crippen LogP contribution in [0, 0.1) is 5.92 Å². The highest BCUT2D eigenvalue weighted by Crippen LogP contribution is 2.09. The van der Waals surface area contributed by atoms with Crippen molar-refractivity contribution in [3.8, 4) is 0 Å². The van der Waals surface area contributed by atoms with Gasteiger partial charge in [0.1, 0.15) is 5.84 Å². The molecule has 0 aromatic rings. The van der Waals surface area contributed by atoms with Gasteiger partial charge in [0, 0.05) is 18.9 Å². The second-order valence-corrected chi connectivity index (χ2v) is 3.48. The zero-order valence-corrected chi connectivity index (χ0v) is 8.29. The monoisotopic (exact) mass is 183 g/mol. The Morgan fingerprint density at radius 3 is 2.92 bits per heavy atom. The number of hydrogen-bond donors (Lipinski definition) is 1. The molecule has 0 spiro atoms. The molecule has 1 rings (SSSR count). The van der Waals surface area contributed by atoms with Crippen molar-refractivity contribution in [2.24, 2.45) is 16.6 Å². The molecule has 4 heteroatoms. The second-order valence-electron chi connectivity index (χ2n) is 3.48. The molecule has 74 valence electrons. The molecule has 0 radical (unpaired) electrons. The minimum absolute atomic E-state index is 0.0427. The quantitative estimate of drug-likeness (QED) is 0.681.